The molecule has 0 radical (unpaired) electrons. The molecule has 33 heavy (non-hydrogen) atoms. The second-order valence-corrected chi connectivity index (χ2v) is 9.73. The van der Waals surface area contributed by atoms with Gasteiger partial charge in [0.2, 0.25) is 10.0 Å². The Kier molecular flexibility index (Phi) is 6.45. The van der Waals surface area contributed by atoms with Crippen LogP contribution in [0.2, 0.25) is 0 Å². The maximum atomic E-state index is 13.8. The summed E-state index contributed by atoms with van der Waals surface area (Å²) in [4.78, 5) is 16.5. The van der Waals surface area contributed by atoms with Gasteiger partial charge in [0.1, 0.15) is 22.3 Å². The van der Waals surface area contributed by atoms with Crippen molar-refractivity contribution in [3.63, 3.8) is 0 Å². The molecule has 0 aliphatic carbocycles. The smallest absolute Gasteiger partial charge is 0.266 e. The van der Waals surface area contributed by atoms with Gasteiger partial charge in [0, 0.05) is 18.2 Å². The number of hydrogen-bond donors (Lipinski definition) is 1. The highest BCUT2D eigenvalue weighted by Gasteiger charge is 2.23. The highest BCUT2D eigenvalue weighted by molar-refractivity contribution is 7.89. The minimum Gasteiger partial charge on any atom is -0.268 e. The van der Waals surface area contributed by atoms with Gasteiger partial charge in [0.05, 0.1) is 17.1 Å². The van der Waals surface area contributed by atoms with Gasteiger partial charge in [-0.25, -0.2) is 31.6 Å². The number of aryl methyl sites for hydroxylation is 1. The SMILES string of the molecule is Cc1nc(-c2ccccc2)sc1-c1ccc(=O)n(CCNS(=O)(=O)c2c(F)cccc2F)n1. The van der Waals surface area contributed by atoms with Crippen LogP contribution in [0.25, 0.3) is 21.1 Å². The molecule has 0 aliphatic heterocycles. The Hall–Kier alpha value is -3.28. The van der Waals surface area contributed by atoms with Gasteiger partial charge in [-0.05, 0) is 25.1 Å². The van der Waals surface area contributed by atoms with Gasteiger partial charge in [-0.1, -0.05) is 36.4 Å². The quantitative estimate of drug-likeness (QED) is 0.429. The van der Waals surface area contributed by atoms with E-state index in [1.807, 2.05) is 37.3 Å². The molecule has 4 aromatic rings. The van der Waals surface area contributed by atoms with Gasteiger partial charge in [0.15, 0.2) is 4.90 Å². The lowest BCUT2D eigenvalue weighted by Gasteiger charge is -2.10. The Morgan fingerprint density at radius 2 is 1.70 bits per heavy atom. The number of aromatic nitrogens is 3. The fourth-order valence-electron chi connectivity index (χ4n) is 3.17. The molecule has 0 fully saturated rings. The Bertz CT molecular complexity index is 1450. The minimum absolute atomic E-state index is 0.134. The van der Waals surface area contributed by atoms with E-state index in [1.165, 1.54) is 17.4 Å². The van der Waals surface area contributed by atoms with Crippen molar-refractivity contribution < 1.29 is 17.2 Å². The Balaban J connectivity index is 1.54. The largest absolute Gasteiger partial charge is 0.268 e. The number of thiazole rings is 1. The predicted octanol–water partition coefficient (Wildman–Crippen LogP) is 3.60. The average Bonchev–Trinajstić information content (AvgIpc) is 3.17. The Morgan fingerprint density at radius 3 is 2.39 bits per heavy atom. The van der Waals surface area contributed by atoms with E-state index >= 15 is 0 Å². The van der Waals surface area contributed by atoms with Crippen LogP contribution in [0.1, 0.15) is 5.69 Å². The van der Waals surface area contributed by atoms with Gasteiger partial charge in [-0.2, -0.15) is 5.10 Å². The molecular weight excluding hydrogens is 470 g/mol. The van der Waals surface area contributed by atoms with Gasteiger partial charge in [-0.15, -0.1) is 11.3 Å². The van der Waals surface area contributed by atoms with Crippen molar-refractivity contribution in [1.82, 2.24) is 19.5 Å². The summed E-state index contributed by atoms with van der Waals surface area (Å²) in [6.45, 7) is 1.42. The maximum absolute atomic E-state index is 13.8. The summed E-state index contributed by atoms with van der Waals surface area (Å²) in [5.74, 6) is -2.40. The van der Waals surface area contributed by atoms with Crippen LogP contribution in [0.15, 0.2) is 70.4 Å². The van der Waals surface area contributed by atoms with Crippen molar-refractivity contribution >= 4 is 21.4 Å². The van der Waals surface area contributed by atoms with E-state index in [2.05, 4.69) is 14.8 Å². The van der Waals surface area contributed by atoms with Crippen molar-refractivity contribution in [1.29, 1.82) is 0 Å². The number of nitrogens with zero attached hydrogens (tertiary/aromatic N) is 3. The summed E-state index contributed by atoms with van der Waals surface area (Å²) in [6, 6.07) is 15.3. The first kappa shape index (κ1) is 22.9. The third kappa shape index (κ3) is 4.90. The zero-order chi connectivity index (χ0) is 23.6. The van der Waals surface area contributed by atoms with Crippen LogP contribution in [0.4, 0.5) is 8.78 Å². The van der Waals surface area contributed by atoms with Crippen LogP contribution in [0, 0.1) is 18.6 Å². The van der Waals surface area contributed by atoms with E-state index in [4.69, 9.17) is 0 Å². The van der Waals surface area contributed by atoms with Crippen LogP contribution in [-0.4, -0.2) is 29.7 Å². The summed E-state index contributed by atoms with van der Waals surface area (Å²) in [6.07, 6.45) is 0. The molecule has 11 heteroatoms. The van der Waals surface area contributed by atoms with Gasteiger partial charge < -0.3 is 0 Å². The summed E-state index contributed by atoms with van der Waals surface area (Å²) >= 11 is 1.43. The van der Waals surface area contributed by atoms with E-state index in [9.17, 15) is 22.0 Å². The molecule has 2 aromatic carbocycles. The number of sulfonamides is 1. The molecule has 2 aromatic heterocycles. The van der Waals surface area contributed by atoms with Gasteiger partial charge in [0.25, 0.3) is 5.56 Å². The molecule has 1 N–H and O–H groups in total. The van der Waals surface area contributed by atoms with E-state index in [-0.39, 0.29) is 13.1 Å². The molecule has 0 spiro atoms. The highest BCUT2D eigenvalue weighted by Crippen LogP contribution is 2.33. The van der Waals surface area contributed by atoms with Crippen molar-refractivity contribution in [3.05, 3.63) is 88.3 Å². The van der Waals surface area contributed by atoms with Crippen molar-refractivity contribution in [2.45, 2.75) is 18.4 Å². The number of halogens is 2. The molecule has 0 atom stereocenters. The number of rotatable bonds is 7. The van der Waals surface area contributed by atoms with Crippen molar-refractivity contribution in [3.8, 4) is 21.1 Å². The maximum Gasteiger partial charge on any atom is 0.266 e. The summed E-state index contributed by atoms with van der Waals surface area (Å²) < 4.78 is 55.5. The normalized spacial score (nSPS) is 11.6. The Labute approximate surface area is 192 Å². The summed E-state index contributed by atoms with van der Waals surface area (Å²) in [5.41, 5.74) is 1.77. The van der Waals surface area contributed by atoms with E-state index in [0.29, 0.717) is 5.69 Å². The molecule has 4 rings (SSSR count). The molecule has 170 valence electrons. The molecule has 2 heterocycles. The topological polar surface area (TPSA) is 94.0 Å². The molecule has 0 saturated heterocycles. The fourth-order valence-corrected chi connectivity index (χ4v) is 5.36. The van der Waals surface area contributed by atoms with Crippen molar-refractivity contribution in [2.75, 3.05) is 6.54 Å². The average molecular weight is 489 g/mol. The first-order valence-corrected chi connectivity index (χ1v) is 12.1. The standard InChI is InChI=1S/C22H18F2N4O3S2/c1-14-20(32-22(26-14)15-6-3-2-4-7-15)18-10-11-19(29)28(27-18)13-12-25-33(30,31)21-16(23)8-5-9-17(21)24/h2-11,25H,12-13H2,1H3. The minimum atomic E-state index is -4.45. The lowest BCUT2D eigenvalue weighted by molar-refractivity contribution is 0.508. The monoisotopic (exact) mass is 488 g/mol. The fraction of sp³-hybridized carbons (Fsp3) is 0.136. The van der Waals surface area contributed by atoms with E-state index in [0.717, 1.165) is 44.0 Å². The molecule has 0 saturated carbocycles. The molecule has 0 unspecified atom stereocenters. The third-order valence-corrected chi connectivity index (χ3v) is 7.46. The lowest BCUT2D eigenvalue weighted by Crippen LogP contribution is -2.32. The van der Waals surface area contributed by atoms with E-state index in [1.54, 1.807) is 6.07 Å². The third-order valence-electron chi connectivity index (χ3n) is 4.72. The summed E-state index contributed by atoms with van der Waals surface area (Å²) in [5, 5.41) is 5.14. The van der Waals surface area contributed by atoms with Gasteiger partial charge in [-0.3, -0.25) is 4.79 Å². The predicted molar refractivity (Wildman–Crippen MR) is 121 cm³/mol. The lowest BCUT2D eigenvalue weighted by atomic mass is 10.2. The molecular formula is C22H18F2N4O3S2. The molecule has 7 nitrogen and oxygen atoms in total. The highest BCUT2D eigenvalue weighted by atomic mass is 32.2. The summed E-state index contributed by atoms with van der Waals surface area (Å²) in [7, 11) is -4.45. The van der Waals surface area contributed by atoms with Crippen LogP contribution in [-0.2, 0) is 16.6 Å². The van der Waals surface area contributed by atoms with E-state index < -0.39 is 32.1 Å². The second kappa shape index (κ2) is 9.30. The Morgan fingerprint density at radius 1 is 1.00 bits per heavy atom. The van der Waals surface area contributed by atoms with Crippen LogP contribution >= 0.6 is 11.3 Å². The first-order chi connectivity index (χ1) is 15.8. The zero-order valence-corrected chi connectivity index (χ0v) is 19.0. The van der Waals surface area contributed by atoms with Crippen LogP contribution < -0.4 is 10.3 Å². The van der Waals surface area contributed by atoms with Gasteiger partial charge >= 0.3 is 0 Å². The number of nitrogens with one attached hydrogen (secondary N) is 1. The zero-order valence-electron chi connectivity index (χ0n) is 17.3. The van der Waals surface area contributed by atoms with Crippen molar-refractivity contribution in [2.24, 2.45) is 0 Å². The second-order valence-electron chi connectivity index (χ2n) is 7.03. The molecule has 0 bridgehead atoms. The number of benzene rings is 2. The van der Waals surface area contributed by atoms with Crippen LogP contribution in [0.5, 0.6) is 0 Å². The molecule has 0 aliphatic rings. The first-order valence-electron chi connectivity index (χ1n) is 9.81. The van der Waals surface area contributed by atoms with Crippen LogP contribution in [0.3, 0.4) is 0 Å². The number of hydrogen-bond acceptors (Lipinski definition) is 6. The molecule has 0 amide bonds.